The maximum absolute atomic E-state index is 12.2. The van der Waals surface area contributed by atoms with Crippen molar-refractivity contribution in [1.29, 1.82) is 0 Å². The first-order valence-electron chi connectivity index (χ1n) is 7.55. The van der Waals surface area contributed by atoms with Crippen molar-refractivity contribution in [2.45, 2.75) is 17.7 Å². The lowest BCUT2D eigenvalue weighted by Gasteiger charge is -2.04. The summed E-state index contributed by atoms with van der Waals surface area (Å²) in [5, 5.41) is 12.4. The van der Waals surface area contributed by atoms with E-state index in [-0.39, 0.29) is 23.1 Å². The number of nitrogens with zero attached hydrogens (tertiary/aromatic N) is 2. The van der Waals surface area contributed by atoms with E-state index < -0.39 is 15.7 Å². The van der Waals surface area contributed by atoms with Crippen molar-refractivity contribution in [2.75, 3.05) is 11.1 Å². The van der Waals surface area contributed by atoms with Gasteiger partial charge in [0.1, 0.15) is 0 Å². The van der Waals surface area contributed by atoms with Gasteiger partial charge in [0.25, 0.3) is 0 Å². The van der Waals surface area contributed by atoms with Gasteiger partial charge in [-0.1, -0.05) is 22.8 Å². The zero-order valence-corrected chi connectivity index (χ0v) is 15.8. The summed E-state index contributed by atoms with van der Waals surface area (Å²) in [4.78, 5) is 13.1. The van der Waals surface area contributed by atoms with Crippen LogP contribution in [-0.2, 0) is 21.1 Å². The molecule has 2 aromatic heterocycles. The van der Waals surface area contributed by atoms with Gasteiger partial charge >= 0.3 is 6.01 Å². The molecular weight excluding hydrogens is 398 g/mol. The van der Waals surface area contributed by atoms with Crippen molar-refractivity contribution in [1.82, 2.24) is 10.2 Å². The highest BCUT2D eigenvalue weighted by atomic mass is 35.5. The van der Waals surface area contributed by atoms with Crippen molar-refractivity contribution >= 4 is 44.7 Å². The number of anilines is 1. The summed E-state index contributed by atoms with van der Waals surface area (Å²) in [7, 11) is -3.58. The Hall–Kier alpha value is -2.23. The van der Waals surface area contributed by atoms with Crippen molar-refractivity contribution < 1.29 is 17.6 Å². The molecule has 0 spiro atoms. The molecule has 0 atom stereocenters. The molecule has 10 heteroatoms. The summed E-state index contributed by atoms with van der Waals surface area (Å²) in [6.45, 7) is 0. The largest absolute Gasteiger partial charge is 0.407 e. The number of hydrogen-bond acceptors (Lipinski definition) is 7. The van der Waals surface area contributed by atoms with Crippen LogP contribution >= 0.6 is 22.9 Å². The normalized spacial score (nSPS) is 11.4. The number of halogens is 1. The van der Waals surface area contributed by atoms with Crippen LogP contribution in [0.3, 0.4) is 0 Å². The maximum Gasteiger partial charge on any atom is 0.322 e. The monoisotopic (exact) mass is 411 g/mol. The number of thiophene rings is 1. The molecule has 0 aliphatic rings. The van der Waals surface area contributed by atoms with Gasteiger partial charge in [-0.25, -0.2) is 8.42 Å². The number of nitrogens with one attached hydrogen (secondary N) is 1. The van der Waals surface area contributed by atoms with Gasteiger partial charge in [-0.2, -0.15) is 0 Å². The lowest BCUT2D eigenvalue weighted by Crippen LogP contribution is -2.17. The third kappa shape index (κ3) is 4.90. The van der Waals surface area contributed by atoms with E-state index in [4.69, 9.17) is 16.0 Å². The molecule has 1 amide bonds. The Morgan fingerprint density at radius 3 is 2.65 bits per heavy atom. The van der Waals surface area contributed by atoms with E-state index in [9.17, 15) is 13.2 Å². The molecule has 0 aliphatic heterocycles. The predicted octanol–water partition coefficient (Wildman–Crippen LogP) is 3.18. The fourth-order valence-corrected chi connectivity index (χ4v) is 4.17. The summed E-state index contributed by atoms with van der Waals surface area (Å²) in [5.74, 6) is -0.484. The highest BCUT2D eigenvalue weighted by Gasteiger charge is 2.18. The number of rotatable bonds is 7. The molecule has 136 valence electrons. The van der Waals surface area contributed by atoms with E-state index >= 15 is 0 Å². The highest BCUT2D eigenvalue weighted by Crippen LogP contribution is 2.17. The average molecular weight is 412 g/mol. The molecular formula is C16H14ClN3O4S2. The molecule has 0 saturated carbocycles. The van der Waals surface area contributed by atoms with Gasteiger partial charge in [0, 0.05) is 16.3 Å². The minimum atomic E-state index is -3.58. The van der Waals surface area contributed by atoms with Crippen LogP contribution in [0.25, 0.3) is 0 Å². The Morgan fingerprint density at radius 2 is 1.96 bits per heavy atom. The average Bonchev–Trinajstić information content (AvgIpc) is 3.26. The third-order valence-corrected chi connectivity index (χ3v) is 6.25. The number of benzene rings is 1. The smallest absolute Gasteiger partial charge is 0.322 e. The Bertz CT molecular complexity index is 983. The van der Waals surface area contributed by atoms with Gasteiger partial charge in [0.2, 0.25) is 11.8 Å². The number of hydrogen-bond donors (Lipinski definition) is 1. The fraction of sp³-hybridized carbons (Fsp3) is 0.188. The van der Waals surface area contributed by atoms with Gasteiger partial charge in [0.15, 0.2) is 9.84 Å². The molecule has 0 bridgehead atoms. The lowest BCUT2D eigenvalue weighted by atomic mass is 10.3. The van der Waals surface area contributed by atoms with Crippen LogP contribution in [0.4, 0.5) is 6.01 Å². The number of sulfone groups is 1. The molecule has 1 N–H and O–H groups in total. The van der Waals surface area contributed by atoms with Crippen LogP contribution in [0.5, 0.6) is 0 Å². The van der Waals surface area contributed by atoms with Crippen molar-refractivity contribution in [3.05, 3.63) is 57.6 Å². The molecule has 26 heavy (non-hydrogen) atoms. The summed E-state index contributed by atoms with van der Waals surface area (Å²) < 4.78 is 29.8. The molecule has 0 radical (unpaired) electrons. The van der Waals surface area contributed by atoms with E-state index in [0.29, 0.717) is 17.3 Å². The minimum absolute atomic E-state index is 0.0505. The Kier molecular flexibility index (Phi) is 5.70. The Morgan fingerprint density at radius 1 is 1.19 bits per heavy atom. The second-order valence-corrected chi connectivity index (χ2v) is 8.91. The van der Waals surface area contributed by atoms with Gasteiger partial charge in [-0.15, -0.1) is 16.4 Å². The van der Waals surface area contributed by atoms with Gasteiger partial charge in [-0.3, -0.25) is 10.1 Å². The topological polar surface area (TPSA) is 102 Å². The molecule has 3 rings (SSSR count). The number of carbonyl (C=O) groups is 1. The summed E-state index contributed by atoms with van der Waals surface area (Å²) in [6, 6.07) is 9.60. The number of aromatic nitrogens is 2. The van der Waals surface area contributed by atoms with Crippen molar-refractivity contribution in [2.24, 2.45) is 0 Å². The van der Waals surface area contributed by atoms with Crippen LogP contribution in [0.15, 0.2) is 51.1 Å². The number of amides is 1. The zero-order chi connectivity index (χ0) is 18.6. The van der Waals surface area contributed by atoms with Crippen LogP contribution in [0.2, 0.25) is 5.02 Å². The van der Waals surface area contributed by atoms with Crippen LogP contribution < -0.4 is 5.32 Å². The van der Waals surface area contributed by atoms with Crippen LogP contribution in [-0.4, -0.2) is 30.3 Å². The van der Waals surface area contributed by atoms with Gasteiger partial charge in [0.05, 0.1) is 17.1 Å². The second-order valence-electron chi connectivity index (χ2n) is 5.33. The molecule has 0 aliphatic carbocycles. The third-order valence-electron chi connectivity index (χ3n) is 3.39. The molecule has 0 fully saturated rings. The zero-order valence-electron chi connectivity index (χ0n) is 13.4. The number of carbonyl (C=O) groups excluding carboxylic acids is 1. The van der Waals surface area contributed by atoms with Gasteiger partial charge < -0.3 is 4.42 Å². The van der Waals surface area contributed by atoms with Gasteiger partial charge in [-0.05, 0) is 35.7 Å². The quantitative estimate of drug-likeness (QED) is 0.640. The summed E-state index contributed by atoms with van der Waals surface area (Å²) >= 11 is 7.30. The van der Waals surface area contributed by atoms with Crippen LogP contribution in [0.1, 0.15) is 17.2 Å². The first-order valence-corrected chi connectivity index (χ1v) is 10.5. The predicted molar refractivity (Wildman–Crippen MR) is 98.2 cm³/mol. The van der Waals surface area contributed by atoms with E-state index in [2.05, 4.69) is 15.5 Å². The van der Waals surface area contributed by atoms with Crippen molar-refractivity contribution in [3.8, 4) is 0 Å². The molecule has 3 aromatic rings. The Balaban J connectivity index is 1.54. The first-order chi connectivity index (χ1) is 12.4. The van der Waals surface area contributed by atoms with Crippen molar-refractivity contribution in [3.63, 3.8) is 0 Å². The van der Waals surface area contributed by atoms with E-state index in [1.165, 1.54) is 24.3 Å². The molecule has 7 nitrogen and oxygen atoms in total. The maximum atomic E-state index is 12.2. The SMILES string of the molecule is O=C(CCS(=O)(=O)c1ccc(Cl)cc1)Nc1nnc(Cc2cccs2)o1. The van der Waals surface area contributed by atoms with E-state index in [1.807, 2.05) is 17.5 Å². The molecule has 0 unspecified atom stereocenters. The lowest BCUT2D eigenvalue weighted by molar-refractivity contribution is -0.116. The fourth-order valence-electron chi connectivity index (χ4n) is 2.11. The van der Waals surface area contributed by atoms with E-state index in [1.54, 1.807) is 11.3 Å². The molecule has 0 saturated heterocycles. The highest BCUT2D eigenvalue weighted by molar-refractivity contribution is 7.91. The summed E-state index contributed by atoms with van der Waals surface area (Å²) in [5.41, 5.74) is 0. The van der Waals surface area contributed by atoms with Crippen LogP contribution in [0, 0.1) is 0 Å². The summed E-state index contributed by atoms with van der Waals surface area (Å²) in [6.07, 6.45) is 0.249. The first kappa shape index (κ1) is 18.6. The van der Waals surface area contributed by atoms with E-state index in [0.717, 1.165) is 4.88 Å². The second kappa shape index (κ2) is 7.98. The molecule has 2 heterocycles. The minimum Gasteiger partial charge on any atom is -0.407 e. The Labute approximate surface area is 158 Å². The molecule has 1 aromatic carbocycles. The standard InChI is InChI=1S/C16H14ClN3O4S2/c17-11-3-5-13(6-4-11)26(22,23)9-7-14(21)18-16-20-19-15(24-16)10-12-2-1-8-25-12/h1-6,8H,7,9-10H2,(H,18,20,21).